The highest BCUT2D eigenvalue weighted by Crippen LogP contribution is 2.26. The van der Waals surface area contributed by atoms with Crippen molar-refractivity contribution in [2.75, 3.05) is 6.54 Å². The fourth-order valence-corrected chi connectivity index (χ4v) is 4.85. The second-order valence-corrected chi connectivity index (χ2v) is 7.69. The molecule has 1 heterocycles. The summed E-state index contributed by atoms with van der Waals surface area (Å²) >= 11 is 1.18. The van der Waals surface area contributed by atoms with Gasteiger partial charge in [0.05, 0.1) is 6.61 Å². The lowest BCUT2D eigenvalue weighted by Gasteiger charge is -2.26. The summed E-state index contributed by atoms with van der Waals surface area (Å²) in [5.74, 6) is 0. The number of aliphatic hydroxyl groups is 1. The molecule has 0 spiro atoms. The zero-order valence-electron chi connectivity index (χ0n) is 11.8. The molecule has 1 rings (SSSR count). The maximum absolute atomic E-state index is 12.6. The third kappa shape index (κ3) is 4.02. The van der Waals surface area contributed by atoms with Crippen molar-refractivity contribution in [3.8, 4) is 0 Å². The predicted octanol–water partition coefficient (Wildman–Crippen LogP) is 2.83. The normalized spacial score (nSPS) is 13.9. The fourth-order valence-electron chi connectivity index (χ4n) is 1.78. The Labute approximate surface area is 120 Å². The topological polar surface area (TPSA) is 57.6 Å². The van der Waals surface area contributed by atoms with Crippen LogP contribution in [-0.4, -0.2) is 30.4 Å². The van der Waals surface area contributed by atoms with Crippen LogP contribution in [0.5, 0.6) is 0 Å². The summed E-state index contributed by atoms with van der Waals surface area (Å²) in [5, 5.41) is 10.7. The van der Waals surface area contributed by atoms with E-state index >= 15 is 0 Å². The summed E-state index contributed by atoms with van der Waals surface area (Å²) in [4.78, 5) is 0. The summed E-state index contributed by atoms with van der Waals surface area (Å²) in [6.45, 7) is 6.42. The van der Waals surface area contributed by atoms with Crippen molar-refractivity contribution in [3.63, 3.8) is 0 Å². The van der Waals surface area contributed by atoms with Crippen molar-refractivity contribution >= 4 is 21.4 Å². The van der Waals surface area contributed by atoms with E-state index in [1.54, 1.807) is 15.8 Å². The van der Waals surface area contributed by atoms with Crippen molar-refractivity contribution in [2.24, 2.45) is 0 Å². The summed E-state index contributed by atoms with van der Waals surface area (Å²) in [7, 11) is -3.43. The Balaban J connectivity index is 3.04. The molecule has 0 fully saturated rings. The molecule has 110 valence electrons. The average Bonchev–Trinajstić information content (AvgIpc) is 2.88. The van der Waals surface area contributed by atoms with Crippen molar-refractivity contribution < 1.29 is 13.5 Å². The smallest absolute Gasteiger partial charge is 0.252 e. The second-order valence-electron chi connectivity index (χ2n) is 4.66. The van der Waals surface area contributed by atoms with Gasteiger partial charge in [0, 0.05) is 12.6 Å². The number of hydrogen-bond acceptors (Lipinski definition) is 4. The van der Waals surface area contributed by atoms with Crippen LogP contribution in [0.3, 0.4) is 0 Å². The van der Waals surface area contributed by atoms with Crippen LogP contribution >= 0.6 is 11.3 Å². The molecule has 6 heteroatoms. The molecule has 1 aromatic rings. The summed E-state index contributed by atoms with van der Waals surface area (Å²) in [6.07, 6.45) is 2.62. The van der Waals surface area contributed by atoms with Gasteiger partial charge in [-0.15, -0.1) is 11.3 Å². The molecule has 0 aliphatic rings. The van der Waals surface area contributed by atoms with Gasteiger partial charge in [-0.25, -0.2) is 8.42 Å². The number of sulfonamides is 1. The van der Waals surface area contributed by atoms with Gasteiger partial charge in [0.1, 0.15) is 4.21 Å². The third-order valence-electron chi connectivity index (χ3n) is 3.19. The first-order valence-electron chi connectivity index (χ1n) is 6.67. The Kier molecular flexibility index (Phi) is 6.46. The Morgan fingerprint density at radius 2 is 2.11 bits per heavy atom. The first-order chi connectivity index (χ1) is 8.97. The highest BCUT2D eigenvalue weighted by molar-refractivity contribution is 7.91. The van der Waals surface area contributed by atoms with Gasteiger partial charge in [-0.05, 0) is 36.8 Å². The van der Waals surface area contributed by atoms with Crippen molar-refractivity contribution in [1.82, 2.24) is 4.31 Å². The van der Waals surface area contributed by atoms with E-state index in [4.69, 9.17) is 5.11 Å². The van der Waals surface area contributed by atoms with Crippen LogP contribution in [0, 0.1) is 0 Å². The van der Waals surface area contributed by atoms with E-state index in [-0.39, 0.29) is 12.6 Å². The lowest BCUT2D eigenvalue weighted by molar-refractivity contribution is 0.282. The summed E-state index contributed by atoms with van der Waals surface area (Å²) < 4.78 is 27.2. The van der Waals surface area contributed by atoms with E-state index in [2.05, 4.69) is 6.92 Å². The average molecular weight is 305 g/mol. The quantitative estimate of drug-likeness (QED) is 0.803. The molecular weight excluding hydrogens is 282 g/mol. The summed E-state index contributed by atoms with van der Waals surface area (Å²) in [6, 6.07) is 1.57. The maximum atomic E-state index is 12.6. The SMILES string of the molecule is CCCCN(C(C)CC)S(=O)(=O)c1cc(CO)cs1. The van der Waals surface area contributed by atoms with Gasteiger partial charge in [0.2, 0.25) is 0 Å². The molecule has 1 N–H and O–H groups in total. The molecule has 4 nitrogen and oxygen atoms in total. The molecule has 1 aromatic heterocycles. The first-order valence-corrected chi connectivity index (χ1v) is 8.99. The molecule has 0 radical (unpaired) electrons. The molecule has 19 heavy (non-hydrogen) atoms. The minimum atomic E-state index is -3.43. The van der Waals surface area contributed by atoms with Crippen molar-refractivity contribution in [1.29, 1.82) is 0 Å². The Bertz CT molecular complexity index is 482. The molecule has 0 aromatic carbocycles. The highest BCUT2D eigenvalue weighted by atomic mass is 32.2. The minimum absolute atomic E-state index is 0.00349. The van der Waals surface area contributed by atoms with E-state index in [0.29, 0.717) is 16.3 Å². The van der Waals surface area contributed by atoms with E-state index in [1.807, 2.05) is 13.8 Å². The van der Waals surface area contributed by atoms with E-state index in [1.165, 1.54) is 11.3 Å². The number of nitrogens with zero attached hydrogens (tertiary/aromatic N) is 1. The molecule has 0 aliphatic heterocycles. The zero-order valence-corrected chi connectivity index (χ0v) is 13.4. The maximum Gasteiger partial charge on any atom is 0.252 e. The molecular formula is C13H23NO3S2. The predicted molar refractivity (Wildman–Crippen MR) is 78.8 cm³/mol. The van der Waals surface area contributed by atoms with Crippen molar-refractivity contribution in [3.05, 3.63) is 17.0 Å². The van der Waals surface area contributed by atoms with Gasteiger partial charge in [-0.3, -0.25) is 0 Å². The van der Waals surface area contributed by atoms with Crippen LogP contribution in [0.4, 0.5) is 0 Å². The number of rotatable bonds is 8. The molecule has 1 unspecified atom stereocenters. The number of hydrogen-bond donors (Lipinski definition) is 1. The van der Waals surface area contributed by atoms with Crippen molar-refractivity contribution in [2.45, 2.75) is 56.9 Å². The molecule has 1 atom stereocenters. The van der Waals surface area contributed by atoms with E-state index in [0.717, 1.165) is 19.3 Å². The Morgan fingerprint density at radius 3 is 2.58 bits per heavy atom. The van der Waals surface area contributed by atoms with Crippen LogP contribution in [0.2, 0.25) is 0 Å². The minimum Gasteiger partial charge on any atom is -0.392 e. The Morgan fingerprint density at radius 1 is 1.42 bits per heavy atom. The second kappa shape index (κ2) is 7.38. The molecule has 0 aliphatic carbocycles. The first kappa shape index (κ1) is 16.6. The van der Waals surface area contributed by atoms with Gasteiger partial charge >= 0.3 is 0 Å². The van der Waals surface area contributed by atoms with Crippen LogP contribution < -0.4 is 0 Å². The number of aliphatic hydroxyl groups excluding tert-OH is 1. The van der Waals surface area contributed by atoms with Crippen LogP contribution in [0.25, 0.3) is 0 Å². The van der Waals surface area contributed by atoms with Crippen LogP contribution in [0.15, 0.2) is 15.7 Å². The van der Waals surface area contributed by atoms with Gasteiger partial charge in [-0.2, -0.15) is 4.31 Å². The zero-order chi connectivity index (χ0) is 14.5. The lowest BCUT2D eigenvalue weighted by Crippen LogP contribution is -2.38. The van der Waals surface area contributed by atoms with Crippen LogP contribution in [-0.2, 0) is 16.6 Å². The number of unbranched alkanes of at least 4 members (excludes halogenated alkanes) is 1. The fraction of sp³-hybridized carbons (Fsp3) is 0.692. The Hall–Kier alpha value is -0.430. The molecule has 0 saturated carbocycles. The highest BCUT2D eigenvalue weighted by Gasteiger charge is 2.28. The standard InChI is InChI=1S/C13H23NO3S2/c1-4-6-7-14(11(3)5-2)19(16,17)13-8-12(9-15)10-18-13/h8,10-11,15H,4-7,9H2,1-3H3. The van der Waals surface area contributed by atoms with Gasteiger partial charge < -0.3 is 5.11 Å². The van der Waals surface area contributed by atoms with Gasteiger partial charge in [0.25, 0.3) is 10.0 Å². The van der Waals surface area contributed by atoms with Gasteiger partial charge in [-0.1, -0.05) is 20.3 Å². The monoisotopic (exact) mass is 305 g/mol. The third-order valence-corrected chi connectivity index (χ3v) is 6.67. The van der Waals surface area contributed by atoms with Gasteiger partial charge in [0.15, 0.2) is 0 Å². The van der Waals surface area contributed by atoms with E-state index < -0.39 is 10.0 Å². The lowest BCUT2D eigenvalue weighted by atomic mass is 10.2. The number of thiophene rings is 1. The van der Waals surface area contributed by atoms with Crippen LogP contribution in [0.1, 0.15) is 45.6 Å². The molecule has 0 saturated heterocycles. The molecule has 0 amide bonds. The summed E-state index contributed by atoms with van der Waals surface area (Å²) in [5.41, 5.74) is 0.656. The van der Waals surface area contributed by atoms with E-state index in [9.17, 15) is 8.42 Å². The largest absolute Gasteiger partial charge is 0.392 e. The molecule has 0 bridgehead atoms.